The number of nitro benzene ring substituents is 1. The number of unbranched alkanes of at least 4 members (excludes halogenated alkanes) is 1. The van der Waals surface area contributed by atoms with Crippen LogP contribution < -0.4 is 14.4 Å². The van der Waals surface area contributed by atoms with Crippen LogP contribution in [-0.4, -0.2) is 62.6 Å². The summed E-state index contributed by atoms with van der Waals surface area (Å²) in [5.41, 5.74) is 0.201. The van der Waals surface area contributed by atoms with Crippen LogP contribution in [0.5, 0.6) is 5.75 Å². The van der Waals surface area contributed by atoms with E-state index in [0.717, 1.165) is 39.5 Å². The SMILES string of the molecule is CCCCNC(=O)[C@@H](C)N(Cc1ccc(Br)cc1)C(=O)CN(c1cc([N+](=O)[O-])ccc1OC)S(C)(=O)=O. The van der Waals surface area contributed by atoms with Crippen LogP contribution in [-0.2, 0) is 26.2 Å². The van der Waals surface area contributed by atoms with Gasteiger partial charge in [0.05, 0.1) is 18.3 Å². The fourth-order valence-corrected chi connectivity index (χ4v) is 4.60. The van der Waals surface area contributed by atoms with Gasteiger partial charge in [-0.25, -0.2) is 8.42 Å². The lowest BCUT2D eigenvalue weighted by atomic mass is 10.1. The van der Waals surface area contributed by atoms with Gasteiger partial charge in [-0.05, 0) is 37.1 Å². The maximum Gasteiger partial charge on any atom is 0.271 e. The first kappa shape index (κ1) is 30.0. The number of amides is 2. The predicted octanol–water partition coefficient (Wildman–Crippen LogP) is 3.47. The average molecular weight is 600 g/mol. The Hall–Kier alpha value is -3.19. The maximum absolute atomic E-state index is 13.6. The number of methoxy groups -OCH3 is 1. The van der Waals surface area contributed by atoms with Gasteiger partial charge in [0.2, 0.25) is 21.8 Å². The molecular formula is C24H31BrN4O7S. The highest BCUT2D eigenvalue weighted by Gasteiger charge is 2.32. The second-order valence-electron chi connectivity index (χ2n) is 8.35. The summed E-state index contributed by atoms with van der Waals surface area (Å²) in [6, 6.07) is 9.70. The Kier molecular flexibility index (Phi) is 10.9. The first-order valence-electron chi connectivity index (χ1n) is 11.5. The van der Waals surface area contributed by atoms with E-state index in [4.69, 9.17) is 4.74 Å². The Labute approximate surface area is 225 Å². The minimum Gasteiger partial charge on any atom is -0.495 e. The van der Waals surface area contributed by atoms with Crippen molar-refractivity contribution < 1.29 is 27.7 Å². The highest BCUT2D eigenvalue weighted by atomic mass is 79.9. The number of nitrogens with one attached hydrogen (secondary N) is 1. The number of sulfonamides is 1. The number of nitrogens with zero attached hydrogens (tertiary/aromatic N) is 3. The van der Waals surface area contributed by atoms with Crippen molar-refractivity contribution in [1.82, 2.24) is 10.2 Å². The van der Waals surface area contributed by atoms with Gasteiger partial charge in [-0.2, -0.15) is 0 Å². The molecule has 2 rings (SSSR count). The molecule has 37 heavy (non-hydrogen) atoms. The summed E-state index contributed by atoms with van der Waals surface area (Å²) in [5.74, 6) is -1.01. The Bertz CT molecular complexity index is 1220. The molecule has 13 heteroatoms. The molecule has 0 aromatic heterocycles. The van der Waals surface area contributed by atoms with Crippen LogP contribution in [0.15, 0.2) is 46.9 Å². The smallest absolute Gasteiger partial charge is 0.271 e. The normalized spacial score (nSPS) is 11.9. The van der Waals surface area contributed by atoms with Crippen molar-refractivity contribution in [1.29, 1.82) is 0 Å². The molecule has 202 valence electrons. The van der Waals surface area contributed by atoms with Gasteiger partial charge < -0.3 is 15.0 Å². The lowest BCUT2D eigenvalue weighted by molar-refractivity contribution is -0.384. The Morgan fingerprint density at radius 2 is 1.84 bits per heavy atom. The number of hydrogen-bond donors (Lipinski definition) is 1. The molecule has 0 fully saturated rings. The largest absolute Gasteiger partial charge is 0.495 e. The zero-order valence-corrected chi connectivity index (χ0v) is 23.5. The fraction of sp³-hybridized carbons (Fsp3) is 0.417. The minimum absolute atomic E-state index is 0.0358. The molecular weight excluding hydrogens is 568 g/mol. The molecule has 0 radical (unpaired) electrons. The van der Waals surface area contributed by atoms with Crippen LogP contribution in [0.1, 0.15) is 32.3 Å². The molecule has 0 bridgehead atoms. The molecule has 0 saturated carbocycles. The van der Waals surface area contributed by atoms with E-state index in [0.29, 0.717) is 6.54 Å². The van der Waals surface area contributed by atoms with Crippen molar-refractivity contribution in [2.24, 2.45) is 0 Å². The number of carbonyl (C=O) groups is 2. The van der Waals surface area contributed by atoms with Gasteiger partial charge in [-0.1, -0.05) is 41.4 Å². The molecule has 11 nitrogen and oxygen atoms in total. The number of halogens is 1. The summed E-state index contributed by atoms with van der Waals surface area (Å²) in [6.45, 7) is 3.34. The lowest BCUT2D eigenvalue weighted by Crippen LogP contribution is -2.51. The zero-order chi connectivity index (χ0) is 27.8. The summed E-state index contributed by atoms with van der Waals surface area (Å²) < 4.78 is 32.3. The molecule has 2 amide bonds. The third kappa shape index (κ3) is 8.42. The summed E-state index contributed by atoms with van der Waals surface area (Å²) in [7, 11) is -2.80. The van der Waals surface area contributed by atoms with Crippen molar-refractivity contribution in [3.05, 3.63) is 62.6 Å². The van der Waals surface area contributed by atoms with E-state index in [9.17, 15) is 28.1 Å². The van der Waals surface area contributed by atoms with Crippen LogP contribution in [0.4, 0.5) is 11.4 Å². The molecule has 0 aliphatic carbocycles. The van der Waals surface area contributed by atoms with Crippen molar-refractivity contribution in [2.45, 2.75) is 39.3 Å². The average Bonchev–Trinajstić information content (AvgIpc) is 2.85. The highest BCUT2D eigenvalue weighted by Crippen LogP contribution is 2.34. The van der Waals surface area contributed by atoms with Crippen LogP contribution in [0, 0.1) is 10.1 Å². The summed E-state index contributed by atoms with van der Waals surface area (Å²) >= 11 is 3.36. The quantitative estimate of drug-likeness (QED) is 0.211. The number of benzene rings is 2. The molecule has 0 aliphatic rings. The number of hydrogen-bond acceptors (Lipinski definition) is 7. The Morgan fingerprint density at radius 3 is 2.38 bits per heavy atom. The van der Waals surface area contributed by atoms with Gasteiger partial charge in [0.15, 0.2) is 0 Å². The first-order chi connectivity index (χ1) is 17.4. The van der Waals surface area contributed by atoms with Crippen LogP contribution in [0.25, 0.3) is 0 Å². The number of rotatable bonds is 13. The first-order valence-corrected chi connectivity index (χ1v) is 14.1. The van der Waals surface area contributed by atoms with Crippen molar-refractivity contribution in [2.75, 3.05) is 30.8 Å². The van der Waals surface area contributed by atoms with E-state index in [1.807, 2.05) is 6.92 Å². The number of nitro groups is 1. The van der Waals surface area contributed by atoms with Gasteiger partial charge in [0, 0.05) is 29.7 Å². The number of non-ortho nitro benzene ring substituents is 1. The van der Waals surface area contributed by atoms with Gasteiger partial charge in [0.1, 0.15) is 24.0 Å². The van der Waals surface area contributed by atoms with Crippen molar-refractivity contribution in [3.63, 3.8) is 0 Å². The molecule has 2 aromatic carbocycles. The second-order valence-corrected chi connectivity index (χ2v) is 11.2. The molecule has 0 saturated heterocycles. The molecule has 0 aliphatic heterocycles. The molecule has 0 heterocycles. The maximum atomic E-state index is 13.6. The van der Waals surface area contributed by atoms with Crippen molar-refractivity contribution in [3.8, 4) is 5.75 Å². The number of carbonyl (C=O) groups excluding carboxylic acids is 2. The molecule has 0 spiro atoms. The topological polar surface area (TPSA) is 139 Å². The van der Waals surface area contributed by atoms with E-state index in [1.54, 1.807) is 31.2 Å². The van der Waals surface area contributed by atoms with Gasteiger partial charge in [-0.3, -0.25) is 24.0 Å². The van der Waals surface area contributed by atoms with E-state index in [-0.39, 0.29) is 29.6 Å². The predicted molar refractivity (Wildman–Crippen MR) is 144 cm³/mol. The fourth-order valence-electron chi connectivity index (χ4n) is 3.49. The number of ether oxygens (including phenoxy) is 1. The second kappa shape index (κ2) is 13.4. The monoisotopic (exact) mass is 598 g/mol. The molecule has 1 N–H and O–H groups in total. The van der Waals surface area contributed by atoms with Crippen LogP contribution in [0.2, 0.25) is 0 Å². The summed E-state index contributed by atoms with van der Waals surface area (Å²) in [6.07, 6.45) is 2.54. The van der Waals surface area contributed by atoms with E-state index in [1.165, 1.54) is 24.1 Å². The third-order valence-electron chi connectivity index (χ3n) is 5.58. The summed E-state index contributed by atoms with van der Waals surface area (Å²) in [4.78, 5) is 38.4. The van der Waals surface area contributed by atoms with Crippen LogP contribution >= 0.6 is 15.9 Å². The van der Waals surface area contributed by atoms with E-state index < -0.39 is 33.4 Å². The zero-order valence-electron chi connectivity index (χ0n) is 21.1. The molecule has 1 atom stereocenters. The third-order valence-corrected chi connectivity index (χ3v) is 7.24. The minimum atomic E-state index is -4.09. The Morgan fingerprint density at radius 1 is 1.19 bits per heavy atom. The number of anilines is 1. The molecule has 2 aromatic rings. The highest BCUT2D eigenvalue weighted by molar-refractivity contribution is 9.10. The van der Waals surface area contributed by atoms with Crippen LogP contribution in [0.3, 0.4) is 0 Å². The van der Waals surface area contributed by atoms with E-state index >= 15 is 0 Å². The lowest BCUT2D eigenvalue weighted by Gasteiger charge is -2.31. The van der Waals surface area contributed by atoms with Crippen molar-refractivity contribution >= 4 is 49.1 Å². The van der Waals surface area contributed by atoms with Gasteiger partial charge in [0.25, 0.3) is 5.69 Å². The standard InChI is InChI=1S/C24H31BrN4O7S/c1-5-6-13-26-24(31)17(2)27(15-18-7-9-19(25)10-8-18)23(30)16-28(37(4,34)35)21-14-20(29(32)33)11-12-22(21)36-3/h7-12,14,17H,5-6,13,15-16H2,1-4H3,(H,26,31)/t17-/m1/s1. The summed E-state index contributed by atoms with van der Waals surface area (Å²) in [5, 5.41) is 14.1. The van der Waals surface area contributed by atoms with Gasteiger partial charge >= 0.3 is 0 Å². The van der Waals surface area contributed by atoms with Gasteiger partial charge in [-0.15, -0.1) is 0 Å². The Balaban J connectivity index is 2.47. The molecule has 0 unspecified atom stereocenters. The van der Waals surface area contributed by atoms with E-state index in [2.05, 4.69) is 21.2 Å².